The van der Waals surface area contributed by atoms with Crippen LogP contribution in [0.1, 0.15) is 33.1 Å². The first-order valence-corrected chi connectivity index (χ1v) is 5.67. The summed E-state index contributed by atoms with van der Waals surface area (Å²) in [6.07, 6.45) is 4.51. The van der Waals surface area contributed by atoms with Crippen LogP contribution in [0.4, 0.5) is 0 Å². The van der Waals surface area contributed by atoms with Crippen LogP contribution in [0.3, 0.4) is 0 Å². The quantitative estimate of drug-likeness (QED) is 0.728. The number of aliphatic hydroxyl groups is 1. The molecule has 0 radical (unpaired) electrons. The van der Waals surface area contributed by atoms with Crippen LogP contribution in [0.5, 0.6) is 0 Å². The topological polar surface area (TPSA) is 38.7 Å². The molecule has 1 heterocycles. The maximum absolute atomic E-state index is 9.18. The molecule has 2 atom stereocenters. The van der Waals surface area contributed by atoms with Crippen molar-refractivity contribution in [3.63, 3.8) is 0 Å². The molecule has 1 aliphatic heterocycles. The van der Waals surface area contributed by atoms with E-state index < -0.39 is 5.79 Å². The lowest BCUT2D eigenvalue weighted by atomic mass is 9.73. The molecule has 3 heteroatoms. The van der Waals surface area contributed by atoms with Crippen molar-refractivity contribution in [2.75, 3.05) is 6.61 Å². The first-order valence-electron chi connectivity index (χ1n) is 5.67. The molecule has 1 N–H and O–H groups in total. The molecule has 0 unspecified atom stereocenters. The molecule has 0 amide bonds. The molecule has 2 rings (SSSR count). The molecule has 2 aliphatic rings. The second kappa shape index (κ2) is 3.58. The van der Waals surface area contributed by atoms with E-state index in [4.69, 9.17) is 9.47 Å². The molecule has 0 bridgehead atoms. The molecule has 1 spiro atoms. The van der Waals surface area contributed by atoms with Crippen molar-refractivity contribution in [2.24, 2.45) is 11.3 Å². The third-order valence-corrected chi connectivity index (χ3v) is 4.10. The summed E-state index contributed by atoms with van der Waals surface area (Å²) in [7, 11) is 0. The van der Waals surface area contributed by atoms with Crippen LogP contribution in [-0.2, 0) is 9.47 Å². The van der Waals surface area contributed by atoms with Crippen molar-refractivity contribution in [3.8, 4) is 0 Å². The molecule has 1 aliphatic carbocycles. The van der Waals surface area contributed by atoms with Crippen LogP contribution in [0.25, 0.3) is 0 Å². The largest absolute Gasteiger partial charge is 0.396 e. The molecule has 86 valence electrons. The van der Waals surface area contributed by atoms with Gasteiger partial charge in [-0.3, -0.25) is 0 Å². The van der Waals surface area contributed by atoms with E-state index >= 15 is 0 Å². The Kier molecular flexibility index (Phi) is 2.65. The molecule has 2 fully saturated rings. The zero-order valence-corrected chi connectivity index (χ0v) is 9.53. The van der Waals surface area contributed by atoms with Crippen LogP contribution in [0, 0.1) is 11.3 Å². The minimum absolute atomic E-state index is 0.105. The number of allylic oxidation sites excluding steroid dienone is 1. The molecule has 1 saturated heterocycles. The Hall–Kier alpha value is -0.380. The van der Waals surface area contributed by atoms with E-state index in [2.05, 4.69) is 13.5 Å². The van der Waals surface area contributed by atoms with Crippen LogP contribution < -0.4 is 0 Å². The smallest absolute Gasteiger partial charge is 0.180 e. The zero-order chi connectivity index (χ0) is 11.1. The predicted octanol–water partition coefficient (Wildman–Crippen LogP) is 2.06. The van der Waals surface area contributed by atoms with Gasteiger partial charge in [-0.25, -0.2) is 0 Å². The van der Waals surface area contributed by atoms with Gasteiger partial charge in [0, 0.05) is 18.4 Å². The van der Waals surface area contributed by atoms with E-state index in [1.807, 2.05) is 13.0 Å². The van der Waals surface area contributed by atoms with Gasteiger partial charge in [-0.15, -0.1) is 6.58 Å². The van der Waals surface area contributed by atoms with E-state index in [0.29, 0.717) is 12.3 Å². The monoisotopic (exact) mass is 212 g/mol. The fourth-order valence-electron chi connectivity index (χ4n) is 3.15. The Bertz CT molecular complexity index is 258. The second-order valence-electron chi connectivity index (χ2n) is 4.83. The normalized spacial score (nSPS) is 49.3. The highest BCUT2D eigenvalue weighted by atomic mass is 16.9. The maximum Gasteiger partial charge on any atom is 0.180 e. The molecular formula is C12H20O3. The van der Waals surface area contributed by atoms with Gasteiger partial charge in [-0.05, 0) is 25.7 Å². The van der Waals surface area contributed by atoms with Crippen LogP contribution in [-0.4, -0.2) is 23.8 Å². The van der Waals surface area contributed by atoms with Gasteiger partial charge in [0.15, 0.2) is 12.1 Å². The Labute approximate surface area is 91.1 Å². The molecule has 3 nitrogen and oxygen atoms in total. The minimum atomic E-state index is -0.464. The van der Waals surface area contributed by atoms with Crippen LogP contribution >= 0.6 is 0 Å². The molecule has 0 aromatic rings. The average Bonchev–Trinajstić information content (AvgIpc) is 2.41. The Morgan fingerprint density at radius 1 is 1.53 bits per heavy atom. The van der Waals surface area contributed by atoms with Gasteiger partial charge in [0.05, 0.1) is 0 Å². The second-order valence-corrected chi connectivity index (χ2v) is 4.83. The summed E-state index contributed by atoms with van der Waals surface area (Å²) < 4.78 is 11.6. The summed E-state index contributed by atoms with van der Waals surface area (Å²) in [5.74, 6) is -0.0919. The van der Waals surface area contributed by atoms with Gasteiger partial charge in [0.25, 0.3) is 0 Å². The number of hydrogen-bond acceptors (Lipinski definition) is 3. The van der Waals surface area contributed by atoms with Crippen molar-refractivity contribution in [2.45, 2.75) is 45.2 Å². The number of hydrogen-bond donors (Lipinski definition) is 1. The van der Waals surface area contributed by atoms with Gasteiger partial charge < -0.3 is 14.6 Å². The number of ether oxygens (including phenoxy) is 2. The van der Waals surface area contributed by atoms with E-state index in [1.165, 1.54) is 0 Å². The summed E-state index contributed by atoms with van der Waals surface area (Å²) in [4.78, 5) is 0. The highest BCUT2D eigenvalue weighted by molar-refractivity contribution is 5.09. The Balaban J connectivity index is 2.22. The maximum atomic E-state index is 9.18. The molecule has 0 aromatic carbocycles. The summed E-state index contributed by atoms with van der Waals surface area (Å²) in [5, 5.41) is 9.18. The van der Waals surface area contributed by atoms with Crippen molar-refractivity contribution in [1.29, 1.82) is 0 Å². The molecule has 0 aromatic heterocycles. The van der Waals surface area contributed by atoms with E-state index in [9.17, 15) is 5.11 Å². The molecule has 1 saturated carbocycles. The average molecular weight is 212 g/mol. The van der Waals surface area contributed by atoms with Crippen LogP contribution in [0.15, 0.2) is 12.7 Å². The zero-order valence-electron chi connectivity index (χ0n) is 9.53. The van der Waals surface area contributed by atoms with Gasteiger partial charge in [-0.1, -0.05) is 13.0 Å². The molecule has 15 heavy (non-hydrogen) atoms. The third kappa shape index (κ3) is 1.37. The van der Waals surface area contributed by atoms with Gasteiger partial charge in [0.1, 0.15) is 0 Å². The lowest BCUT2D eigenvalue weighted by molar-refractivity contribution is -0.475. The van der Waals surface area contributed by atoms with Crippen molar-refractivity contribution < 1.29 is 14.6 Å². The highest BCUT2D eigenvalue weighted by Gasteiger charge is 2.63. The number of aliphatic hydroxyl groups excluding tert-OH is 1. The van der Waals surface area contributed by atoms with Crippen LogP contribution in [0.2, 0.25) is 0 Å². The fourth-order valence-corrected chi connectivity index (χ4v) is 3.15. The van der Waals surface area contributed by atoms with E-state index in [1.54, 1.807) is 0 Å². The summed E-state index contributed by atoms with van der Waals surface area (Å²) in [6.45, 7) is 8.08. The minimum Gasteiger partial charge on any atom is -0.396 e. The van der Waals surface area contributed by atoms with Gasteiger partial charge in [-0.2, -0.15) is 0 Å². The van der Waals surface area contributed by atoms with Crippen molar-refractivity contribution in [1.82, 2.24) is 0 Å². The van der Waals surface area contributed by atoms with Crippen molar-refractivity contribution in [3.05, 3.63) is 12.7 Å². The third-order valence-electron chi connectivity index (χ3n) is 4.10. The van der Waals surface area contributed by atoms with Gasteiger partial charge in [0.2, 0.25) is 0 Å². The summed E-state index contributed by atoms with van der Waals surface area (Å²) in [5.41, 5.74) is -0.129. The fraction of sp³-hybridized carbons (Fsp3) is 0.833. The van der Waals surface area contributed by atoms with E-state index in [0.717, 1.165) is 12.8 Å². The highest BCUT2D eigenvalue weighted by Crippen LogP contribution is 2.59. The first kappa shape index (κ1) is 11.1. The number of rotatable bonds is 3. The Morgan fingerprint density at radius 3 is 2.67 bits per heavy atom. The Morgan fingerprint density at radius 2 is 2.20 bits per heavy atom. The lowest BCUT2D eigenvalue weighted by Gasteiger charge is -2.53. The summed E-state index contributed by atoms with van der Waals surface area (Å²) in [6, 6.07) is 0. The standard InChI is InChI=1S/C12H20O3/c1-4-10-5-6-12(14-9(2)15-12)11(10,3)7-8-13/h4,9-10,13H,1,5-8H2,2-3H3/t9?,10-,11+,12?/m1/s1. The van der Waals surface area contributed by atoms with Gasteiger partial charge >= 0.3 is 0 Å². The molecular weight excluding hydrogens is 192 g/mol. The first-order chi connectivity index (χ1) is 7.08. The SMILES string of the molecule is C=C[C@@H]1CCC2(OC(C)O2)[C@@]1(C)CCO. The lowest BCUT2D eigenvalue weighted by Crippen LogP contribution is -2.60. The van der Waals surface area contributed by atoms with E-state index in [-0.39, 0.29) is 18.3 Å². The predicted molar refractivity (Wildman–Crippen MR) is 57.1 cm³/mol. The summed E-state index contributed by atoms with van der Waals surface area (Å²) >= 11 is 0. The van der Waals surface area contributed by atoms with Crippen molar-refractivity contribution >= 4 is 0 Å².